The van der Waals surface area contributed by atoms with Crippen molar-refractivity contribution in [3.63, 3.8) is 0 Å². The van der Waals surface area contributed by atoms with Crippen molar-refractivity contribution in [2.24, 2.45) is 5.73 Å². The topological polar surface area (TPSA) is 100.0 Å². The highest BCUT2D eigenvalue weighted by atomic mass is 16.5. The van der Waals surface area contributed by atoms with Crippen LogP contribution in [0.1, 0.15) is 31.7 Å². The molecule has 2 N–H and O–H groups in total. The molecule has 0 bridgehead atoms. The van der Waals surface area contributed by atoms with E-state index in [4.69, 9.17) is 15.0 Å². The van der Waals surface area contributed by atoms with Gasteiger partial charge in [0.15, 0.2) is 0 Å². The second kappa shape index (κ2) is 5.54. The Morgan fingerprint density at radius 1 is 1.44 bits per heavy atom. The predicted molar refractivity (Wildman–Crippen MR) is 63.7 cm³/mol. The Morgan fingerprint density at radius 2 is 2.28 bits per heavy atom. The standard InChI is InChI=1S/C11H15N5O2/c1-3-4-7(12)11-15-10(16-18-11)8-5-9(17-2)14-6-13-8/h5-7H,3-4,12H2,1-2H3/t7-/m0/s1. The Bertz CT molecular complexity index is 514. The molecule has 0 spiro atoms. The predicted octanol–water partition coefficient (Wildman–Crippen LogP) is 1.34. The monoisotopic (exact) mass is 249 g/mol. The van der Waals surface area contributed by atoms with Gasteiger partial charge < -0.3 is 15.0 Å². The maximum absolute atomic E-state index is 5.90. The van der Waals surface area contributed by atoms with Crippen molar-refractivity contribution in [3.05, 3.63) is 18.3 Å². The first-order valence-electron chi connectivity index (χ1n) is 5.70. The van der Waals surface area contributed by atoms with Crippen LogP contribution in [0.5, 0.6) is 5.88 Å². The fourth-order valence-electron chi connectivity index (χ4n) is 1.50. The van der Waals surface area contributed by atoms with Crippen molar-refractivity contribution in [1.82, 2.24) is 20.1 Å². The number of aromatic nitrogens is 4. The Hall–Kier alpha value is -2.02. The molecule has 96 valence electrons. The third-order valence-corrected chi connectivity index (χ3v) is 2.44. The van der Waals surface area contributed by atoms with Crippen LogP contribution in [-0.4, -0.2) is 27.2 Å². The van der Waals surface area contributed by atoms with E-state index in [9.17, 15) is 0 Å². The van der Waals surface area contributed by atoms with Gasteiger partial charge in [0.2, 0.25) is 17.6 Å². The van der Waals surface area contributed by atoms with Gasteiger partial charge in [-0.05, 0) is 6.42 Å². The van der Waals surface area contributed by atoms with Crippen LogP contribution < -0.4 is 10.5 Å². The van der Waals surface area contributed by atoms with E-state index < -0.39 is 0 Å². The van der Waals surface area contributed by atoms with Crippen molar-refractivity contribution in [2.45, 2.75) is 25.8 Å². The van der Waals surface area contributed by atoms with Crippen LogP contribution in [0.15, 0.2) is 16.9 Å². The number of nitrogens with zero attached hydrogens (tertiary/aromatic N) is 4. The van der Waals surface area contributed by atoms with Gasteiger partial charge in [-0.1, -0.05) is 18.5 Å². The zero-order chi connectivity index (χ0) is 13.0. The quantitative estimate of drug-likeness (QED) is 0.853. The van der Waals surface area contributed by atoms with E-state index in [0.29, 0.717) is 23.3 Å². The lowest BCUT2D eigenvalue weighted by Gasteiger charge is -2.02. The van der Waals surface area contributed by atoms with E-state index in [1.165, 1.54) is 13.4 Å². The van der Waals surface area contributed by atoms with Crippen molar-refractivity contribution in [2.75, 3.05) is 7.11 Å². The smallest absolute Gasteiger partial charge is 0.243 e. The van der Waals surface area contributed by atoms with Crippen LogP contribution in [0.4, 0.5) is 0 Å². The SMILES string of the molecule is CCC[C@H](N)c1nc(-c2cc(OC)ncn2)no1. The maximum Gasteiger partial charge on any atom is 0.243 e. The van der Waals surface area contributed by atoms with Crippen LogP contribution in [0.2, 0.25) is 0 Å². The second-order valence-electron chi connectivity index (χ2n) is 3.80. The van der Waals surface area contributed by atoms with Gasteiger partial charge in [0.25, 0.3) is 0 Å². The van der Waals surface area contributed by atoms with Gasteiger partial charge >= 0.3 is 0 Å². The van der Waals surface area contributed by atoms with Crippen molar-refractivity contribution < 1.29 is 9.26 Å². The fraction of sp³-hybridized carbons (Fsp3) is 0.455. The summed E-state index contributed by atoms with van der Waals surface area (Å²) in [5.74, 6) is 1.26. The molecule has 0 saturated carbocycles. The number of nitrogens with two attached hydrogens (primary N) is 1. The summed E-state index contributed by atoms with van der Waals surface area (Å²) in [4.78, 5) is 12.2. The molecular weight excluding hydrogens is 234 g/mol. The van der Waals surface area contributed by atoms with E-state index in [-0.39, 0.29) is 6.04 Å². The van der Waals surface area contributed by atoms with Gasteiger partial charge in [-0.15, -0.1) is 0 Å². The largest absolute Gasteiger partial charge is 0.481 e. The van der Waals surface area contributed by atoms with E-state index in [1.807, 2.05) is 6.92 Å². The molecule has 0 aliphatic heterocycles. The minimum absolute atomic E-state index is 0.236. The molecule has 1 atom stereocenters. The van der Waals surface area contributed by atoms with Crippen molar-refractivity contribution in [1.29, 1.82) is 0 Å². The number of rotatable bonds is 5. The van der Waals surface area contributed by atoms with E-state index >= 15 is 0 Å². The molecule has 0 fully saturated rings. The summed E-state index contributed by atoms with van der Waals surface area (Å²) in [5.41, 5.74) is 6.44. The van der Waals surface area contributed by atoms with Gasteiger partial charge in [-0.3, -0.25) is 0 Å². The van der Waals surface area contributed by atoms with Crippen LogP contribution in [0.25, 0.3) is 11.5 Å². The Kier molecular flexibility index (Phi) is 3.83. The number of ether oxygens (including phenoxy) is 1. The minimum Gasteiger partial charge on any atom is -0.481 e. The molecule has 2 aromatic rings. The van der Waals surface area contributed by atoms with E-state index in [1.54, 1.807) is 6.07 Å². The number of hydrogen-bond acceptors (Lipinski definition) is 7. The third-order valence-electron chi connectivity index (χ3n) is 2.44. The molecule has 2 rings (SSSR count). The summed E-state index contributed by atoms with van der Waals surface area (Å²) < 4.78 is 10.1. The van der Waals surface area contributed by atoms with Crippen molar-refractivity contribution >= 4 is 0 Å². The lowest BCUT2D eigenvalue weighted by atomic mass is 10.2. The third kappa shape index (κ3) is 2.62. The molecule has 2 aromatic heterocycles. The fourth-order valence-corrected chi connectivity index (χ4v) is 1.50. The average molecular weight is 249 g/mol. The summed E-state index contributed by atoms with van der Waals surface area (Å²) in [6.45, 7) is 2.05. The Morgan fingerprint density at radius 3 is 3.00 bits per heavy atom. The van der Waals surface area contributed by atoms with Crippen LogP contribution in [0, 0.1) is 0 Å². The highest BCUT2D eigenvalue weighted by Gasteiger charge is 2.16. The first-order valence-corrected chi connectivity index (χ1v) is 5.70. The molecule has 2 heterocycles. The van der Waals surface area contributed by atoms with Gasteiger partial charge in [0.05, 0.1) is 13.2 Å². The Balaban J connectivity index is 2.23. The zero-order valence-electron chi connectivity index (χ0n) is 10.3. The summed E-state index contributed by atoms with van der Waals surface area (Å²) in [7, 11) is 1.53. The van der Waals surface area contributed by atoms with Crippen LogP contribution in [-0.2, 0) is 0 Å². The minimum atomic E-state index is -0.236. The molecule has 0 aliphatic rings. The molecule has 18 heavy (non-hydrogen) atoms. The molecule has 0 radical (unpaired) electrons. The lowest BCUT2D eigenvalue weighted by molar-refractivity contribution is 0.348. The maximum atomic E-state index is 5.90. The number of methoxy groups -OCH3 is 1. The highest BCUT2D eigenvalue weighted by molar-refractivity contribution is 5.49. The summed E-state index contributed by atoms with van der Waals surface area (Å²) in [6, 6.07) is 1.40. The van der Waals surface area contributed by atoms with Gasteiger partial charge in [-0.2, -0.15) is 4.98 Å². The molecule has 0 saturated heterocycles. The summed E-state index contributed by atoms with van der Waals surface area (Å²) in [6.07, 6.45) is 3.14. The van der Waals surface area contributed by atoms with Crippen LogP contribution in [0.3, 0.4) is 0 Å². The van der Waals surface area contributed by atoms with E-state index in [2.05, 4.69) is 20.1 Å². The van der Waals surface area contributed by atoms with Gasteiger partial charge in [0, 0.05) is 6.07 Å². The molecule has 0 unspecified atom stereocenters. The highest BCUT2D eigenvalue weighted by Crippen LogP contribution is 2.19. The molecular formula is C11H15N5O2. The van der Waals surface area contributed by atoms with Crippen molar-refractivity contribution in [3.8, 4) is 17.4 Å². The van der Waals surface area contributed by atoms with Gasteiger partial charge in [-0.25, -0.2) is 9.97 Å². The first-order chi connectivity index (χ1) is 8.74. The molecule has 0 aliphatic carbocycles. The van der Waals surface area contributed by atoms with Crippen LogP contribution >= 0.6 is 0 Å². The lowest BCUT2D eigenvalue weighted by Crippen LogP contribution is -2.09. The first kappa shape index (κ1) is 12.4. The summed E-state index contributed by atoms with van der Waals surface area (Å²) >= 11 is 0. The average Bonchev–Trinajstić information content (AvgIpc) is 2.89. The molecule has 0 aromatic carbocycles. The normalized spacial score (nSPS) is 12.4. The Labute approximate surface area is 104 Å². The second-order valence-corrected chi connectivity index (χ2v) is 3.80. The van der Waals surface area contributed by atoms with E-state index in [0.717, 1.165) is 12.8 Å². The van der Waals surface area contributed by atoms with Gasteiger partial charge in [0.1, 0.15) is 12.0 Å². The number of hydrogen-bond donors (Lipinski definition) is 1. The molecule has 7 heteroatoms. The molecule has 7 nitrogen and oxygen atoms in total. The summed E-state index contributed by atoms with van der Waals surface area (Å²) in [5, 5.41) is 3.85. The zero-order valence-corrected chi connectivity index (χ0v) is 10.3. The molecule has 0 amide bonds.